The summed E-state index contributed by atoms with van der Waals surface area (Å²) in [6.07, 6.45) is 2.12. The summed E-state index contributed by atoms with van der Waals surface area (Å²) >= 11 is 1.76. The molecule has 0 fully saturated rings. The smallest absolute Gasteiger partial charge is 0.0506 e. The Morgan fingerprint density at radius 2 is 1.68 bits per heavy atom. The zero-order valence-electron chi connectivity index (χ0n) is 12.4. The molecule has 0 spiro atoms. The maximum absolute atomic E-state index is 3.38. The second kappa shape index (κ2) is 5.54. The van der Waals surface area contributed by atoms with Gasteiger partial charge in [-0.2, -0.15) is 0 Å². The van der Waals surface area contributed by atoms with E-state index in [1.54, 1.807) is 11.8 Å². The van der Waals surface area contributed by atoms with Crippen LogP contribution in [0.5, 0.6) is 0 Å². The minimum Gasteiger partial charge on any atom is -0.336 e. The topological polar surface area (TPSA) is 4.93 Å². The minimum absolute atomic E-state index is 0.892. The molecule has 0 saturated heterocycles. The van der Waals surface area contributed by atoms with E-state index < -0.39 is 0 Å². The van der Waals surface area contributed by atoms with Crippen LogP contribution in [0.4, 0.5) is 0 Å². The Hall–Kier alpha value is -2.19. The van der Waals surface area contributed by atoms with E-state index in [4.69, 9.17) is 0 Å². The maximum atomic E-state index is 3.38. The van der Waals surface area contributed by atoms with Gasteiger partial charge in [0.05, 0.1) is 5.52 Å². The number of aromatic nitrogens is 1. The van der Waals surface area contributed by atoms with E-state index >= 15 is 0 Å². The van der Waals surface area contributed by atoms with Crippen molar-refractivity contribution in [2.45, 2.75) is 11.4 Å². The lowest BCUT2D eigenvalue weighted by atomic mass is 10.1. The first kappa shape index (κ1) is 13.5. The van der Waals surface area contributed by atoms with Gasteiger partial charge in [-0.1, -0.05) is 54.6 Å². The molecule has 1 aromatic heterocycles. The first-order valence-corrected chi connectivity index (χ1v) is 8.60. The number of benzene rings is 3. The normalized spacial score (nSPS) is 11.3. The molecule has 0 unspecified atom stereocenters. The summed E-state index contributed by atoms with van der Waals surface area (Å²) in [7, 11) is 0. The molecule has 0 aliphatic carbocycles. The van der Waals surface area contributed by atoms with Gasteiger partial charge in [-0.25, -0.2) is 0 Å². The van der Waals surface area contributed by atoms with Gasteiger partial charge in [0, 0.05) is 27.7 Å². The summed E-state index contributed by atoms with van der Waals surface area (Å²) in [5.74, 6) is 0. The Morgan fingerprint density at radius 3 is 2.50 bits per heavy atom. The fourth-order valence-corrected chi connectivity index (χ4v) is 3.71. The molecule has 107 valence electrons. The van der Waals surface area contributed by atoms with E-state index in [2.05, 4.69) is 77.6 Å². The fourth-order valence-electron chi connectivity index (χ4n) is 3.10. The highest BCUT2D eigenvalue weighted by atomic mass is 32.2. The van der Waals surface area contributed by atoms with E-state index in [1.165, 1.54) is 32.3 Å². The molecule has 0 N–H and O–H groups in total. The molecule has 0 bridgehead atoms. The Labute approximate surface area is 134 Å². The Balaban J connectivity index is 2.03. The van der Waals surface area contributed by atoms with E-state index in [-0.39, 0.29) is 0 Å². The van der Waals surface area contributed by atoms with Crippen molar-refractivity contribution < 1.29 is 0 Å². The molecule has 1 radical (unpaired) electrons. The number of thioether (sulfide) groups is 1. The van der Waals surface area contributed by atoms with E-state index in [1.807, 2.05) is 6.07 Å². The number of nitrogens with zero attached hydrogens (tertiary/aromatic N) is 1. The lowest BCUT2D eigenvalue weighted by molar-refractivity contribution is 0.868. The van der Waals surface area contributed by atoms with Crippen LogP contribution in [0.25, 0.3) is 21.8 Å². The number of hydrogen-bond acceptors (Lipinski definition) is 1. The average molecular weight is 302 g/mol. The summed E-state index contributed by atoms with van der Waals surface area (Å²) in [6.45, 7) is 0.892. The van der Waals surface area contributed by atoms with Gasteiger partial charge in [0.15, 0.2) is 0 Å². The van der Waals surface area contributed by atoms with Crippen LogP contribution in [0.1, 0.15) is 5.56 Å². The van der Waals surface area contributed by atoms with Gasteiger partial charge < -0.3 is 4.57 Å². The van der Waals surface area contributed by atoms with Crippen LogP contribution in [0, 0.1) is 6.07 Å². The monoisotopic (exact) mass is 302 g/mol. The minimum atomic E-state index is 0.892. The molecule has 0 aliphatic rings. The van der Waals surface area contributed by atoms with Crippen molar-refractivity contribution in [3.8, 4) is 0 Å². The fraction of sp³-hybridized carbons (Fsp3) is 0.100. The van der Waals surface area contributed by atoms with Crippen LogP contribution >= 0.6 is 11.8 Å². The van der Waals surface area contributed by atoms with Crippen molar-refractivity contribution in [2.75, 3.05) is 6.26 Å². The molecule has 0 amide bonds. The van der Waals surface area contributed by atoms with E-state index in [0.717, 1.165) is 6.54 Å². The number of para-hydroxylation sites is 1. The molecular weight excluding hydrogens is 286 g/mol. The van der Waals surface area contributed by atoms with Crippen LogP contribution in [-0.4, -0.2) is 10.8 Å². The molecule has 22 heavy (non-hydrogen) atoms. The standard InChI is InChI=1S/C20H16NS/c1-22-19-13-7-12-18-20(19)16-10-5-6-11-17(16)21(18)14-15-8-3-2-4-9-15/h2-12H,14H2,1H3. The third-order valence-electron chi connectivity index (χ3n) is 4.08. The van der Waals surface area contributed by atoms with Gasteiger partial charge in [0.25, 0.3) is 0 Å². The quantitative estimate of drug-likeness (QED) is 0.461. The zero-order chi connectivity index (χ0) is 14.9. The van der Waals surface area contributed by atoms with Gasteiger partial charge in [0.2, 0.25) is 0 Å². The second-order valence-electron chi connectivity index (χ2n) is 5.36. The highest BCUT2D eigenvalue weighted by Crippen LogP contribution is 2.35. The van der Waals surface area contributed by atoms with Gasteiger partial charge in [0.1, 0.15) is 0 Å². The predicted molar refractivity (Wildman–Crippen MR) is 95.6 cm³/mol. The number of rotatable bonds is 3. The van der Waals surface area contributed by atoms with Gasteiger partial charge in [-0.15, -0.1) is 11.8 Å². The van der Waals surface area contributed by atoms with Crippen LogP contribution in [0.2, 0.25) is 0 Å². The maximum Gasteiger partial charge on any atom is 0.0506 e. The van der Waals surface area contributed by atoms with Crippen LogP contribution in [0.3, 0.4) is 0 Å². The first-order valence-electron chi connectivity index (χ1n) is 7.38. The van der Waals surface area contributed by atoms with Crippen molar-refractivity contribution in [2.24, 2.45) is 0 Å². The van der Waals surface area contributed by atoms with Crippen LogP contribution < -0.4 is 0 Å². The average Bonchev–Trinajstić information content (AvgIpc) is 2.90. The molecule has 3 aromatic carbocycles. The summed E-state index contributed by atoms with van der Waals surface area (Å²) in [4.78, 5) is 1.22. The van der Waals surface area contributed by atoms with Crippen molar-refractivity contribution in [3.05, 3.63) is 78.4 Å². The summed E-state index contributed by atoms with van der Waals surface area (Å²) in [5, 5.41) is 2.64. The molecular formula is C20H16NS. The molecule has 4 rings (SSSR count). The Morgan fingerprint density at radius 1 is 0.909 bits per heavy atom. The van der Waals surface area contributed by atoms with Gasteiger partial charge >= 0.3 is 0 Å². The van der Waals surface area contributed by atoms with E-state index in [0.29, 0.717) is 0 Å². The van der Waals surface area contributed by atoms with Crippen molar-refractivity contribution >= 4 is 33.6 Å². The SMILES string of the molecule is CSc1[c]ccc2c1c1ccccc1n2Cc1ccccc1. The lowest BCUT2D eigenvalue weighted by Gasteiger charge is -2.08. The summed E-state index contributed by atoms with van der Waals surface area (Å²) in [6, 6.07) is 26.9. The van der Waals surface area contributed by atoms with Crippen LogP contribution in [0.15, 0.2) is 71.6 Å². The largest absolute Gasteiger partial charge is 0.336 e. The molecule has 0 saturated carbocycles. The first-order chi connectivity index (χ1) is 10.9. The van der Waals surface area contributed by atoms with Crippen molar-refractivity contribution in [1.82, 2.24) is 4.57 Å². The molecule has 4 aromatic rings. The molecule has 1 nitrogen and oxygen atoms in total. The number of fused-ring (bicyclic) bond motifs is 3. The van der Waals surface area contributed by atoms with Crippen LogP contribution in [-0.2, 0) is 6.54 Å². The second-order valence-corrected chi connectivity index (χ2v) is 6.18. The number of hydrogen-bond donors (Lipinski definition) is 0. The summed E-state index contributed by atoms with van der Waals surface area (Å²) in [5.41, 5.74) is 3.90. The predicted octanol–water partition coefficient (Wildman–Crippen LogP) is 5.36. The molecule has 2 heteroatoms. The highest BCUT2D eigenvalue weighted by Gasteiger charge is 2.13. The Kier molecular flexibility index (Phi) is 3.39. The lowest BCUT2D eigenvalue weighted by Crippen LogP contribution is -1.98. The van der Waals surface area contributed by atoms with E-state index in [9.17, 15) is 0 Å². The zero-order valence-corrected chi connectivity index (χ0v) is 13.2. The van der Waals surface area contributed by atoms with Crippen molar-refractivity contribution in [1.29, 1.82) is 0 Å². The third kappa shape index (κ3) is 2.11. The highest BCUT2D eigenvalue weighted by molar-refractivity contribution is 7.98. The third-order valence-corrected chi connectivity index (χ3v) is 4.81. The van der Waals surface area contributed by atoms with Gasteiger partial charge in [-0.3, -0.25) is 0 Å². The van der Waals surface area contributed by atoms with Gasteiger partial charge in [-0.05, 0) is 30.0 Å². The molecule has 1 heterocycles. The molecule has 0 aliphatic heterocycles. The summed E-state index contributed by atoms with van der Waals surface area (Å²) < 4.78 is 2.41. The molecule has 0 atom stereocenters. The Bertz CT molecular complexity index is 938. The van der Waals surface area contributed by atoms with Crippen molar-refractivity contribution in [3.63, 3.8) is 0 Å².